The molecule has 1 aliphatic heterocycles. The highest BCUT2D eigenvalue weighted by atomic mass is 32.1. The van der Waals surface area contributed by atoms with Crippen molar-refractivity contribution in [2.75, 3.05) is 11.9 Å². The monoisotopic (exact) mass is 291 g/mol. The number of anilines is 1. The second-order valence-corrected chi connectivity index (χ2v) is 6.99. The van der Waals surface area contributed by atoms with Crippen molar-refractivity contribution in [2.24, 2.45) is 5.92 Å². The van der Waals surface area contributed by atoms with Crippen LogP contribution in [-0.4, -0.2) is 34.3 Å². The molecule has 2 amide bonds. The Morgan fingerprint density at radius 2 is 2.20 bits per heavy atom. The zero-order chi connectivity index (χ0) is 13.7. The van der Waals surface area contributed by atoms with E-state index in [2.05, 4.69) is 10.3 Å². The molecule has 2 aliphatic carbocycles. The van der Waals surface area contributed by atoms with Gasteiger partial charge in [-0.15, -0.1) is 11.3 Å². The van der Waals surface area contributed by atoms with Gasteiger partial charge in [-0.25, -0.2) is 4.98 Å². The fourth-order valence-corrected chi connectivity index (χ4v) is 4.15. The molecule has 3 aliphatic rings. The summed E-state index contributed by atoms with van der Waals surface area (Å²) in [7, 11) is 0. The predicted octanol–water partition coefficient (Wildman–Crippen LogP) is 1.58. The van der Waals surface area contributed by atoms with Crippen LogP contribution in [0.2, 0.25) is 0 Å². The molecule has 0 spiro atoms. The van der Waals surface area contributed by atoms with E-state index in [1.54, 1.807) is 11.3 Å². The Hall–Kier alpha value is -1.43. The molecule has 1 saturated carbocycles. The lowest BCUT2D eigenvalue weighted by Crippen LogP contribution is -2.29. The number of nitrogens with zero attached hydrogens (tertiary/aromatic N) is 2. The van der Waals surface area contributed by atoms with E-state index in [-0.39, 0.29) is 17.7 Å². The number of hydrogen-bond acceptors (Lipinski definition) is 4. The predicted molar refractivity (Wildman–Crippen MR) is 75.6 cm³/mol. The minimum absolute atomic E-state index is 0.0473. The summed E-state index contributed by atoms with van der Waals surface area (Å²) >= 11 is 1.59. The number of fused-ring (bicyclic) bond motifs is 1. The smallest absolute Gasteiger partial charge is 0.231 e. The van der Waals surface area contributed by atoms with Crippen LogP contribution in [0.25, 0.3) is 0 Å². The van der Waals surface area contributed by atoms with Gasteiger partial charge in [0.05, 0.1) is 11.6 Å². The van der Waals surface area contributed by atoms with E-state index in [0.717, 1.165) is 31.4 Å². The van der Waals surface area contributed by atoms with E-state index in [4.69, 9.17) is 0 Å². The number of carbonyl (C=O) groups excluding carboxylic acids is 2. The van der Waals surface area contributed by atoms with Gasteiger partial charge in [0.2, 0.25) is 11.8 Å². The molecule has 6 heteroatoms. The molecule has 1 aromatic heterocycles. The average molecular weight is 291 g/mol. The maximum absolute atomic E-state index is 12.3. The summed E-state index contributed by atoms with van der Waals surface area (Å²) in [4.78, 5) is 31.8. The second-order valence-electron chi connectivity index (χ2n) is 5.91. The van der Waals surface area contributed by atoms with E-state index in [1.165, 1.54) is 11.3 Å². The third-order valence-corrected chi connectivity index (χ3v) is 5.42. The summed E-state index contributed by atoms with van der Waals surface area (Å²) in [6.07, 6.45) is 5.83. The van der Waals surface area contributed by atoms with E-state index in [0.29, 0.717) is 24.1 Å². The highest BCUT2D eigenvalue weighted by Gasteiger charge is 2.41. The molecular formula is C14H17N3O2S. The minimum atomic E-state index is -0.207. The summed E-state index contributed by atoms with van der Waals surface area (Å²) in [5.74, 6) is -0.120. The fraction of sp³-hybridized carbons (Fsp3) is 0.643. The zero-order valence-electron chi connectivity index (χ0n) is 11.2. The van der Waals surface area contributed by atoms with Gasteiger partial charge in [-0.05, 0) is 32.1 Å². The fourth-order valence-electron chi connectivity index (χ4n) is 3.10. The molecule has 4 rings (SSSR count). The minimum Gasteiger partial charge on any atom is -0.339 e. The lowest BCUT2D eigenvalue weighted by Gasteiger charge is -2.14. The summed E-state index contributed by atoms with van der Waals surface area (Å²) in [5.41, 5.74) is 1.15. The summed E-state index contributed by atoms with van der Waals surface area (Å²) in [6, 6.07) is 0.406. The third kappa shape index (κ3) is 2.12. The number of nitrogens with one attached hydrogen (secondary N) is 1. The molecule has 5 nitrogen and oxygen atoms in total. The van der Waals surface area contributed by atoms with Crippen molar-refractivity contribution in [3.05, 3.63) is 10.6 Å². The first-order chi connectivity index (χ1) is 9.70. The maximum Gasteiger partial charge on any atom is 0.231 e. The first-order valence-corrected chi connectivity index (χ1v) is 8.11. The first kappa shape index (κ1) is 12.3. The third-order valence-electron chi connectivity index (χ3n) is 4.34. The molecule has 0 bridgehead atoms. The Morgan fingerprint density at radius 1 is 1.35 bits per heavy atom. The van der Waals surface area contributed by atoms with E-state index >= 15 is 0 Å². The summed E-state index contributed by atoms with van der Waals surface area (Å²) in [6.45, 7) is 0.584. The Labute approximate surface area is 121 Å². The molecule has 106 valence electrons. The SMILES string of the molecule is O=C(Nc1nc2c(s1)CCC2)[C@H]1CC(=O)N(C2CC2)C1. The Bertz CT molecular complexity index is 557. The van der Waals surface area contributed by atoms with E-state index in [9.17, 15) is 9.59 Å². The number of hydrogen-bond donors (Lipinski definition) is 1. The molecule has 20 heavy (non-hydrogen) atoms. The van der Waals surface area contributed by atoms with Gasteiger partial charge in [0, 0.05) is 23.9 Å². The number of likely N-dealkylation sites (tertiary alicyclic amines) is 1. The van der Waals surface area contributed by atoms with Crippen LogP contribution >= 0.6 is 11.3 Å². The standard InChI is InChI=1S/C14H17N3O2S/c18-12-6-8(7-17(12)9-4-5-9)13(19)16-14-15-10-2-1-3-11(10)20-14/h8-9H,1-7H2,(H,15,16,19)/t8-/m0/s1. The lowest BCUT2D eigenvalue weighted by molar-refractivity contribution is -0.128. The molecule has 0 radical (unpaired) electrons. The Morgan fingerprint density at radius 3 is 2.95 bits per heavy atom. The number of carbonyl (C=O) groups is 2. The van der Waals surface area contributed by atoms with Gasteiger partial charge in [-0.2, -0.15) is 0 Å². The Kier molecular flexibility index (Phi) is 2.80. The van der Waals surface area contributed by atoms with Gasteiger partial charge in [-0.1, -0.05) is 0 Å². The first-order valence-electron chi connectivity index (χ1n) is 7.29. The van der Waals surface area contributed by atoms with Gasteiger partial charge >= 0.3 is 0 Å². The molecule has 0 unspecified atom stereocenters. The second kappa shape index (κ2) is 4.55. The van der Waals surface area contributed by atoms with Crippen LogP contribution in [0.1, 0.15) is 36.3 Å². The molecule has 1 saturated heterocycles. The number of rotatable bonds is 3. The molecule has 0 aromatic carbocycles. The van der Waals surface area contributed by atoms with Crippen LogP contribution in [0.4, 0.5) is 5.13 Å². The molecule has 2 heterocycles. The van der Waals surface area contributed by atoms with Crippen molar-refractivity contribution in [3.63, 3.8) is 0 Å². The highest BCUT2D eigenvalue weighted by molar-refractivity contribution is 7.15. The number of aryl methyl sites for hydroxylation is 2. The quantitative estimate of drug-likeness (QED) is 0.919. The number of amides is 2. The lowest BCUT2D eigenvalue weighted by atomic mass is 10.1. The zero-order valence-corrected chi connectivity index (χ0v) is 12.0. The highest BCUT2D eigenvalue weighted by Crippen LogP contribution is 2.34. The summed E-state index contributed by atoms with van der Waals surface area (Å²) < 4.78 is 0. The van der Waals surface area contributed by atoms with Crippen LogP contribution in [0.3, 0.4) is 0 Å². The van der Waals surface area contributed by atoms with Gasteiger partial charge in [0.1, 0.15) is 0 Å². The molecule has 1 aromatic rings. The number of aromatic nitrogens is 1. The summed E-state index contributed by atoms with van der Waals surface area (Å²) in [5, 5.41) is 3.61. The van der Waals surface area contributed by atoms with E-state index < -0.39 is 0 Å². The Balaban J connectivity index is 1.41. The van der Waals surface area contributed by atoms with Gasteiger partial charge in [0.15, 0.2) is 5.13 Å². The van der Waals surface area contributed by atoms with E-state index in [1.807, 2.05) is 4.90 Å². The van der Waals surface area contributed by atoms with Crippen molar-refractivity contribution in [1.82, 2.24) is 9.88 Å². The average Bonchev–Trinajstić information content (AvgIpc) is 2.85. The maximum atomic E-state index is 12.3. The molecule has 2 fully saturated rings. The van der Waals surface area contributed by atoms with Crippen molar-refractivity contribution >= 4 is 28.3 Å². The van der Waals surface area contributed by atoms with Crippen LogP contribution in [-0.2, 0) is 22.4 Å². The normalized spacial score (nSPS) is 25.1. The topological polar surface area (TPSA) is 62.3 Å². The largest absolute Gasteiger partial charge is 0.339 e. The van der Waals surface area contributed by atoms with Gasteiger partial charge < -0.3 is 10.2 Å². The molecule has 1 N–H and O–H groups in total. The van der Waals surface area contributed by atoms with Crippen molar-refractivity contribution < 1.29 is 9.59 Å². The van der Waals surface area contributed by atoms with Crippen LogP contribution in [0, 0.1) is 5.92 Å². The van der Waals surface area contributed by atoms with Crippen molar-refractivity contribution in [1.29, 1.82) is 0 Å². The molecule has 1 atom stereocenters. The van der Waals surface area contributed by atoms with Gasteiger partial charge in [0.25, 0.3) is 0 Å². The van der Waals surface area contributed by atoms with Crippen LogP contribution in [0.5, 0.6) is 0 Å². The van der Waals surface area contributed by atoms with Gasteiger partial charge in [-0.3, -0.25) is 9.59 Å². The van der Waals surface area contributed by atoms with Crippen molar-refractivity contribution in [3.8, 4) is 0 Å². The van der Waals surface area contributed by atoms with Crippen LogP contribution in [0.15, 0.2) is 0 Å². The number of thiazole rings is 1. The molecular weight excluding hydrogens is 274 g/mol. The van der Waals surface area contributed by atoms with Crippen molar-refractivity contribution in [2.45, 2.75) is 44.6 Å². The van der Waals surface area contributed by atoms with Crippen LogP contribution < -0.4 is 5.32 Å².